The van der Waals surface area contributed by atoms with E-state index in [2.05, 4.69) is 26.1 Å². The number of carbonyl (C=O) groups excluding carboxylic acids is 2. The van der Waals surface area contributed by atoms with Gasteiger partial charge in [-0.3, -0.25) is 4.79 Å². The van der Waals surface area contributed by atoms with Gasteiger partial charge in [0, 0.05) is 24.0 Å². The van der Waals surface area contributed by atoms with Crippen LogP contribution in [-0.2, 0) is 9.53 Å². The van der Waals surface area contributed by atoms with Gasteiger partial charge in [-0.05, 0) is 52.9 Å². The molecule has 5 heteroatoms. The Morgan fingerprint density at radius 3 is 2.08 bits per heavy atom. The topological polar surface area (TPSA) is 58.6 Å². The molecule has 0 bridgehead atoms. The van der Waals surface area contributed by atoms with Crippen LogP contribution in [0.25, 0.3) is 0 Å². The lowest BCUT2D eigenvalue weighted by molar-refractivity contribution is -0.129. The number of rotatable bonds is 5. The molecular weight excluding hydrogens is 304 g/mol. The molecule has 1 rings (SSSR count). The lowest BCUT2D eigenvalue weighted by Crippen LogP contribution is -2.52. The Morgan fingerprint density at radius 1 is 1.12 bits per heavy atom. The number of amides is 1. The number of nitrogens with zero attached hydrogens (tertiary/aromatic N) is 1. The minimum atomic E-state index is -0.353. The second kappa shape index (κ2) is 8.32. The molecule has 1 atom stereocenters. The fraction of sp³-hybridized carbons (Fsp3) is 0.895. The summed E-state index contributed by atoms with van der Waals surface area (Å²) in [5, 5.41) is 3.51. The molecule has 0 aromatic heterocycles. The van der Waals surface area contributed by atoms with Gasteiger partial charge < -0.3 is 15.0 Å². The number of ketones is 1. The van der Waals surface area contributed by atoms with Crippen LogP contribution >= 0.6 is 0 Å². The first-order valence-electron chi connectivity index (χ1n) is 9.17. The average molecular weight is 341 g/mol. The van der Waals surface area contributed by atoms with Crippen molar-refractivity contribution in [3.8, 4) is 0 Å². The zero-order valence-electron chi connectivity index (χ0n) is 16.6. The smallest absolute Gasteiger partial charge is 0.409 e. The molecule has 1 aliphatic heterocycles. The van der Waals surface area contributed by atoms with Crippen LogP contribution in [0.15, 0.2) is 0 Å². The summed E-state index contributed by atoms with van der Waals surface area (Å²) in [7, 11) is 0. The van der Waals surface area contributed by atoms with Gasteiger partial charge in [0.25, 0.3) is 0 Å². The van der Waals surface area contributed by atoms with Gasteiger partial charge in [-0.1, -0.05) is 20.8 Å². The first-order valence-corrected chi connectivity index (χ1v) is 9.17. The SMILES string of the molecule is CCOC(=O)N1CCC(CC(NC(C)(C)C)C(=O)C(C)(C)C)CC1. The zero-order valence-corrected chi connectivity index (χ0v) is 16.6. The Balaban J connectivity index is 2.65. The summed E-state index contributed by atoms with van der Waals surface area (Å²) in [6.45, 7) is 15.9. The summed E-state index contributed by atoms with van der Waals surface area (Å²) < 4.78 is 5.07. The molecule has 1 amide bonds. The number of Topliss-reactive ketones (excluding diaryl/α,β-unsaturated/α-hetero) is 1. The molecule has 0 saturated carbocycles. The predicted octanol–water partition coefficient (Wildman–Crippen LogP) is 3.62. The minimum absolute atomic E-state index is 0.1000. The molecule has 1 fully saturated rings. The van der Waals surface area contributed by atoms with Crippen LogP contribution in [0.1, 0.15) is 67.7 Å². The van der Waals surface area contributed by atoms with Crippen molar-refractivity contribution in [2.45, 2.75) is 79.3 Å². The number of hydrogen-bond donors (Lipinski definition) is 1. The summed E-state index contributed by atoms with van der Waals surface area (Å²) in [5.41, 5.74) is -0.453. The molecule has 0 aliphatic carbocycles. The van der Waals surface area contributed by atoms with E-state index in [0.717, 1.165) is 32.4 Å². The highest BCUT2D eigenvalue weighted by Crippen LogP contribution is 2.27. The first kappa shape index (κ1) is 20.9. The highest BCUT2D eigenvalue weighted by atomic mass is 16.6. The molecule has 24 heavy (non-hydrogen) atoms. The number of ether oxygens (including phenoxy) is 1. The maximum atomic E-state index is 12.8. The van der Waals surface area contributed by atoms with Crippen LogP contribution in [0, 0.1) is 11.3 Å². The number of nitrogens with one attached hydrogen (secondary N) is 1. The highest BCUT2D eigenvalue weighted by molar-refractivity contribution is 5.88. The Kier molecular flexibility index (Phi) is 7.26. The van der Waals surface area contributed by atoms with Gasteiger partial charge in [-0.15, -0.1) is 0 Å². The van der Waals surface area contributed by atoms with E-state index in [9.17, 15) is 9.59 Å². The molecule has 1 unspecified atom stereocenters. The van der Waals surface area contributed by atoms with Crippen molar-refractivity contribution < 1.29 is 14.3 Å². The predicted molar refractivity (Wildman–Crippen MR) is 97.1 cm³/mol. The summed E-state index contributed by atoms with van der Waals surface area (Å²) in [5.74, 6) is 0.729. The third-order valence-electron chi connectivity index (χ3n) is 4.37. The van der Waals surface area contributed by atoms with E-state index in [-0.39, 0.29) is 28.9 Å². The quantitative estimate of drug-likeness (QED) is 0.830. The summed E-state index contributed by atoms with van der Waals surface area (Å²) in [4.78, 5) is 26.4. The lowest BCUT2D eigenvalue weighted by atomic mass is 9.80. The van der Waals surface area contributed by atoms with Gasteiger partial charge in [0.05, 0.1) is 12.6 Å². The summed E-state index contributed by atoms with van der Waals surface area (Å²) in [6, 6.07) is -0.135. The molecule has 0 radical (unpaired) electrons. The second-order valence-electron chi connectivity index (χ2n) is 8.93. The van der Waals surface area contributed by atoms with Crippen LogP contribution in [0.5, 0.6) is 0 Å². The van der Waals surface area contributed by atoms with E-state index in [0.29, 0.717) is 12.5 Å². The second-order valence-corrected chi connectivity index (χ2v) is 8.93. The van der Waals surface area contributed by atoms with Gasteiger partial charge in [-0.2, -0.15) is 0 Å². The standard InChI is InChI=1S/C19H36N2O3/c1-8-24-17(23)21-11-9-14(10-12-21)13-15(20-19(5,6)7)16(22)18(2,3)4/h14-15,20H,8-13H2,1-7H3. The normalized spacial score (nSPS) is 18.4. The maximum absolute atomic E-state index is 12.8. The van der Waals surface area contributed by atoms with E-state index in [1.807, 2.05) is 27.7 Å². The Hall–Kier alpha value is -1.10. The Bertz CT molecular complexity index is 427. The van der Waals surface area contributed by atoms with Crippen molar-refractivity contribution >= 4 is 11.9 Å². The Morgan fingerprint density at radius 2 is 1.67 bits per heavy atom. The van der Waals surface area contributed by atoms with Crippen LogP contribution in [0.3, 0.4) is 0 Å². The van der Waals surface area contributed by atoms with Gasteiger partial charge in [0.1, 0.15) is 0 Å². The third-order valence-corrected chi connectivity index (χ3v) is 4.37. The van der Waals surface area contributed by atoms with Crippen LogP contribution in [-0.4, -0.2) is 48.1 Å². The molecule has 140 valence electrons. The number of likely N-dealkylation sites (tertiary alicyclic amines) is 1. The first-order chi connectivity index (χ1) is 10.9. The Labute approximate surface area is 147 Å². The monoisotopic (exact) mass is 340 g/mol. The molecular formula is C19H36N2O3. The fourth-order valence-electron chi connectivity index (χ4n) is 3.18. The zero-order chi connectivity index (χ0) is 18.5. The van der Waals surface area contributed by atoms with Crippen molar-refractivity contribution in [2.75, 3.05) is 19.7 Å². The van der Waals surface area contributed by atoms with Gasteiger partial charge in [0.15, 0.2) is 5.78 Å². The van der Waals surface area contributed by atoms with Crippen LogP contribution < -0.4 is 5.32 Å². The lowest BCUT2D eigenvalue weighted by Gasteiger charge is -2.36. The van der Waals surface area contributed by atoms with E-state index >= 15 is 0 Å². The van der Waals surface area contributed by atoms with Gasteiger partial charge in [0.2, 0.25) is 0 Å². The molecule has 5 nitrogen and oxygen atoms in total. The van der Waals surface area contributed by atoms with Gasteiger partial charge >= 0.3 is 6.09 Å². The van der Waals surface area contributed by atoms with Crippen LogP contribution in [0.2, 0.25) is 0 Å². The average Bonchev–Trinajstić information content (AvgIpc) is 2.44. The number of hydrogen-bond acceptors (Lipinski definition) is 4. The van der Waals surface area contributed by atoms with E-state index in [4.69, 9.17) is 4.74 Å². The molecule has 1 saturated heterocycles. The highest BCUT2D eigenvalue weighted by Gasteiger charge is 2.34. The molecule has 1 N–H and O–H groups in total. The van der Waals surface area contributed by atoms with Crippen molar-refractivity contribution in [2.24, 2.45) is 11.3 Å². The van der Waals surface area contributed by atoms with Crippen molar-refractivity contribution in [3.05, 3.63) is 0 Å². The number of carbonyl (C=O) groups is 2. The van der Waals surface area contributed by atoms with E-state index in [1.54, 1.807) is 4.90 Å². The third kappa shape index (κ3) is 6.80. The largest absolute Gasteiger partial charge is 0.450 e. The summed E-state index contributed by atoms with van der Waals surface area (Å²) in [6.07, 6.45) is 2.48. The minimum Gasteiger partial charge on any atom is -0.450 e. The fourth-order valence-corrected chi connectivity index (χ4v) is 3.18. The molecule has 0 aromatic rings. The molecule has 0 spiro atoms. The van der Waals surface area contributed by atoms with E-state index < -0.39 is 0 Å². The molecule has 1 heterocycles. The van der Waals surface area contributed by atoms with Crippen LogP contribution in [0.4, 0.5) is 4.79 Å². The van der Waals surface area contributed by atoms with Crippen molar-refractivity contribution in [1.82, 2.24) is 10.2 Å². The van der Waals surface area contributed by atoms with Crippen molar-refractivity contribution in [3.63, 3.8) is 0 Å². The molecule has 1 aliphatic rings. The molecule has 0 aromatic carbocycles. The van der Waals surface area contributed by atoms with Gasteiger partial charge in [-0.25, -0.2) is 4.79 Å². The summed E-state index contributed by atoms with van der Waals surface area (Å²) >= 11 is 0. The maximum Gasteiger partial charge on any atom is 0.409 e. The van der Waals surface area contributed by atoms with E-state index in [1.165, 1.54) is 0 Å². The number of piperidine rings is 1. The van der Waals surface area contributed by atoms with Crippen molar-refractivity contribution in [1.29, 1.82) is 0 Å².